The normalized spacial score (nSPS) is 16.3. The van der Waals surface area contributed by atoms with Crippen LogP contribution >= 0.6 is 0 Å². The molecule has 0 amide bonds. The molecule has 0 bridgehead atoms. The van der Waals surface area contributed by atoms with Crippen LogP contribution in [-0.4, -0.2) is 9.72 Å². The minimum atomic E-state index is -5.13. The molecule has 0 spiro atoms. The summed E-state index contributed by atoms with van der Waals surface area (Å²) >= 11 is 0. The first-order valence-corrected chi connectivity index (χ1v) is 4.91. The average molecular weight is 227 g/mol. The molecule has 0 fully saturated rings. The van der Waals surface area contributed by atoms with Gasteiger partial charge in [0.25, 0.3) is 0 Å². The van der Waals surface area contributed by atoms with Gasteiger partial charge in [-0.05, 0) is 24.3 Å². The Hall–Kier alpha value is -1.11. The molecule has 0 aliphatic heterocycles. The van der Waals surface area contributed by atoms with E-state index in [1.54, 1.807) is 0 Å². The fourth-order valence-corrected chi connectivity index (χ4v) is 1.55. The van der Waals surface area contributed by atoms with Crippen LogP contribution in [-0.2, 0) is 9.73 Å². The van der Waals surface area contributed by atoms with Crippen molar-refractivity contribution >= 4 is 9.73 Å². The second kappa shape index (κ2) is 3.23. The maximum atomic E-state index is 12.3. The Morgan fingerprint density at radius 3 is 1.93 bits per heavy atom. The summed E-state index contributed by atoms with van der Waals surface area (Å²) in [5.41, 5.74) is -5.13. The molecule has 0 saturated heterocycles. The van der Waals surface area contributed by atoms with Crippen LogP contribution in [0.3, 0.4) is 0 Å². The monoisotopic (exact) mass is 227 g/mol. The summed E-state index contributed by atoms with van der Waals surface area (Å²) in [5, 5.41) is 0. The predicted octanol–water partition coefficient (Wildman–Crippen LogP) is 2.75. The van der Waals surface area contributed by atoms with E-state index in [-0.39, 0.29) is 0 Å². The Bertz CT molecular complexity index is 420. The van der Waals surface area contributed by atoms with E-state index in [0.29, 0.717) is 12.1 Å². The van der Waals surface area contributed by atoms with Gasteiger partial charge in [0.2, 0.25) is 0 Å². The van der Waals surface area contributed by atoms with Crippen LogP contribution in [0.15, 0.2) is 29.2 Å². The maximum absolute atomic E-state index is 12.3. The van der Waals surface area contributed by atoms with Crippen molar-refractivity contribution in [2.24, 2.45) is 0 Å². The highest BCUT2D eigenvalue weighted by molar-refractivity contribution is 7.93. The molecule has 78 valence electrons. The highest BCUT2D eigenvalue weighted by Crippen LogP contribution is 2.30. The van der Waals surface area contributed by atoms with E-state index >= 15 is 0 Å². The standard InChI is InChI=1S/C7H5F4NOS/c8-5-1-3-6(4-2-5)14(12,13)7(9,10)11/h1-4,12H/t14-/m0/s1. The summed E-state index contributed by atoms with van der Waals surface area (Å²) in [7, 11) is -4.86. The SMILES string of the molecule is N=[S@](=O)(c1ccc(F)cc1)C(F)(F)F. The van der Waals surface area contributed by atoms with E-state index in [9.17, 15) is 21.8 Å². The van der Waals surface area contributed by atoms with Gasteiger partial charge in [-0.1, -0.05) is 0 Å². The second-order valence-corrected chi connectivity index (χ2v) is 4.50. The van der Waals surface area contributed by atoms with Crippen LogP contribution in [0, 0.1) is 10.6 Å². The molecule has 1 aromatic rings. The summed E-state index contributed by atoms with van der Waals surface area (Å²) in [6, 6.07) is 2.85. The van der Waals surface area contributed by atoms with Gasteiger partial charge in [-0.2, -0.15) is 13.2 Å². The molecule has 14 heavy (non-hydrogen) atoms. The van der Waals surface area contributed by atoms with Gasteiger partial charge < -0.3 is 0 Å². The van der Waals surface area contributed by atoms with Gasteiger partial charge >= 0.3 is 5.51 Å². The molecule has 1 N–H and O–H groups in total. The van der Waals surface area contributed by atoms with Gasteiger partial charge in [0.1, 0.15) is 5.82 Å². The summed E-state index contributed by atoms with van der Waals surface area (Å²) in [6.45, 7) is 0. The largest absolute Gasteiger partial charge is 0.483 e. The number of benzene rings is 1. The minimum absolute atomic E-state index is 0.693. The molecule has 0 saturated carbocycles. The van der Waals surface area contributed by atoms with E-state index in [0.717, 1.165) is 12.1 Å². The van der Waals surface area contributed by atoms with E-state index < -0.39 is 26.0 Å². The molecular weight excluding hydrogens is 222 g/mol. The zero-order chi connectivity index (χ0) is 11.0. The van der Waals surface area contributed by atoms with Crippen molar-refractivity contribution < 1.29 is 21.8 Å². The number of rotatable bonds is 1. The van der Waals surface area contributed by atoms with Crippen LogP contribution in [0.2, 0.25) is 0 Å². The van der Waals surface area contributed by atoms with Crippen molar-refractivity contribution in [3.63, 3.8) is 0 Å². The van der Waals surface area contributed by atoms with E-state index in [2.05, 4.69) is 0 Å². The third kappa shape index (κ3) is 1.87. The molecule has 1 rings (SSSR count). The lowest BCUT2D eigenvalue weighted by molar-refractivity contribution is -0.0406. The van der Waals surface area contributed by atoms with Crippen LogP contribution in [0.4, 0.5) is 17.6 Å². The molecule has 1 atom stereocenters. The average Bonchev–Trinajstić information content (AvgIpc) is 2.03. The molecular formula is C7H5F4NOS. The molecule has 0 unspecified atom stereocenters. The van der Waals surface area contributed by atoms with Crippen LogP contribution < -0.4 is 0 Å². The van der Waals surface area contributed by atoms with Gasteiger partial charge in [-0.25, -0.2) is 13.4 Å². The Morgan fingerprint density at radius 1 is 1.14 bits per heavy atom. The molecule has 0 aliphatic carbocycles. The highest BCUT2D eigenvalue weighted by Gasteiger charge is 2.43. The van der Waals surface area contributed by atoms with Gasteiger partial charge in [0.15, 0.2) is 9.73 Å². The maximum Gasteiger partial charge on any atom is 0.483 e. The molecule has 0 radical (unpaired) electrons. The third-order valence-corrected chi connectivity index (χ3v) is 3.06. The second-order valence-electron chi connectivity index (χ2n) is 2.46. The van der Waals surface area contributed by atoms with Crippen molar-refractivity contribution in [2.45, 2.75) is 10.4 Å². The van der Waals surface area contributed by atoms with Crippen LogP contribution in [0.1, 0.15) is 0 Å². The molecule has 1 aromatic carbocycles. The van der Waals surface area contributed by atoms with Crippen molar-refractivity contribution in [3.8, 4) is 0 Å². The first-order chi connectivity index (χ1) is 6.25. The lowest BCUT2D eigenvalue weighted by atomic mass is 10.4. The van der Waals surface area contributed by atoms with E-state index in [1.807, 2.05) is 0 Å². The summed E-state index contributed by atoms with van der Waals surface area (Å²) < 4.78 is 66.1. The smallest absolute Gasteiger partial charge is 0.241 e. The molecule has 2 nitrogen and oxygen atoms in total. The fourth-order valence-electron chi connectivity index (χ4n) is 0.760. The van der Waals surface area contributed by atoms with Crippen molar-refractivity contribution in [3.05, 3.63) is 30.1 Å². The molecule has 0 aromatic heterocycles. The Morgan fingerprint density at radius 2 is 1.57 bits per heavy atom. The number of alkyl halides is 3. The topological polar surface area (TPSA) is 40.9 Å². The van der Waals surface area contributed by atoms with Gasteiger partial charge in [-0.3, -0.25) is 0 Å². The number of nitrogens with one attached hydrogen (secondary N) is 1. The first kappa shape index (κ1) is 11.0. The van der Waals surface area contributed by atoms with Crippen molar-refractivity contribution in [2.75, 3.05) is 0 Å². The number of halogens is 4. The highest BCUT2D eigenvalue weighted by atomic mass is 32.2. The Labute approximate surface area is 77.5 Å². The lowest BCUT2D eigenvalue weighted by Gasteiger charge is -2.10. The van der Waals surface area contributed by atoms with E-state index in [4.69, 9.17) is 4.78 Å². The summed E-state index contributed by atoms with van der Waals surface area (Å²) in [4.78, 5) is -0.744. The zero-order valence-corrected chi connectivity index (χ0v) is 7.45. The summed E-state index contributed by atoms with van der Waals surface area (Å²) in [5.74, 6) is -0.744. The molecule has 7 heteroatoms. The summed E-state index contributed by atoms with van der Waals surface area (Å²) in [6.07, 6.45) is 0. The van der Waals surface area contributed by atoms with Crippen LogP contribution in [0.25, 0.3) is 0 Å². The fraction of sp³-hybridized carbons (Fsp3) is 0.143. The lowest BCUT2D eigenvalue weighted by Crippen LogP contribution is -2.21. The number of hydrogen-bond donors (Lipinski definition) is 1. The Balaban J connectivity index is 3.25. The Kier molecular flexibility index (Phi) is 2.53. The first-order valence-electron chi connectivity index (χ1n) is 3.36. The van der Waals surface area contributed by atoms with Gasteiger partial charge in [-0.15, -0.1) is 0 Å². The van der Waals surface area contributed by atoms with Crippen LogP contribution in [0.5, 0.6) is 0 Å². The molecule has 0 aliphatic rings. The van der Waals surface area contributed by atoms with E-state index in [1.165, 1.54) is 0 Å². The molecule has 0 heterocycles. The van der Waals surface area contributed by atoms with Gasteiger partial charge in [0.05, 0.1) is 4.90 Å². The zero-order valence-electron chi connectivity index (χ0n) is 6.64. The van der Waals surface area contributed by atoms with Crippen molar-refractivity contribution in [1.29, 1.82) is 4.78 Å². The van der Waals surface area contributed by atoms with Crippen molar-refractivity contribution in [1.82, 2.24) is 0 Å². The number of hydrogen-bond acceptors (Lipinski definition) is 2. The predicted molar refractivity (Wildman–Crippen MR) is 41.6 cm³/mol. The van der Waals surface area contributed by atoms with Gasteiger partial charge in [0, 0.05) is 0 Å². The minimum Gasteiger partial charge on any atom is -0.241 e. The quantitative estimate of drug-likeness (QED) is 0.736. The third-order valence-electron chi connectivity index (χ3n) is 1.47.